The first kappa shape index (κ1) is 17.5. The average Bonchev–Trinajstić information content (AvgIpc) is 2.99. The highest BCUT2D eigenvalue weighted by Crippen LogP contribution is 2.24. The highest BCUT2D eigenvalue weighted by atomic mass is 16.5. The van der Waals surface area contributed by atoms with Crippen molar-refractivity contribution in [1.29, 1.82) is 0 Å². The monoisotopic (exact) mass is 338 g/mol. The number of aliphatic hydroxyl groups excluding tert-OH is 1. The fourth-order valence-electron chi connectivity index (χ4n) is 3.19. The van der Waals surface area contributed by atoms with Crippen LogP contribution in [-0.2, 0) is 6.54 Å². The molecule has 0 aliphatic carbocycles. The van der Waals surface area contributed by atoms with E-state index in [1.165, 1.54) is 0 Å². The Hall–Kier alpha value is -2.33. The number of imidazole rings is 1. The number of aliphatic hydroxyl groups is 1. The molecule has 1 heterocycles. The van der Waals surface area contributed by atoms with Crippen LogP contribution in [0.2, 0.25) is 0 Å². The van der Waals surface area contributed by atoms with Gasteiger partial charge < -0.3 is 14.4 Å². The van der Waals surface area contributed by atoms with Crippen LogP contribution in [-0.4, -0.2) is 21.3 Å². The second-order valence-corrected chi connectivity index (χ2v) is 6.46. The van der Waals surface area contributed by atoms with Crippen molar-refractivity contribution in [2.45, 2.75) is 46.3 Å². The van der Waals surface area contributed by atoms with Crippen LogP contribution in [0.4, 0.5) is 0 Å². The molecule has 0 radical (unpaired) electrons. The van der Waals surface area contributed by atoms with Gasteiger partial charge in [-0.1, -0.05) is 37.3 Å². The maximum Gasteiger partial charge on any atom is 0.138 e. The summed E-state index contributed by atoms with van der Waals surface area (Å²) in [6, 6.07) is 14.2. The summed E-state index contributed by atoms with van der Waals surface area (Å²) < 4.78 is 8.13. The van der Waals surface area contributed by atoms with Crippen molar-refractivity contribution in [2.24, 2.45) is 0 Å². The van der Waals surface area contributed by atoms with Gasteiger partial charge in [0.05, 0.1) is 17.6 Å². The summed E-state index contributed by atoms with van der Waals surface area (Å²) in [5.74, 6) is 1.72. The summed E-state index contributed by atoms with van der Waals surface area (Å²) in [6.45, 7) is 7.53. The summed E-state index contributed by atoms with van der Waals surface area (Å²) in [4.78, 5) is 4.62. The van der Waals surface area contributed by atoms with E-state index < -0.39 is 6.10 Å². The molecule has 3 aromatic rings. The lowest BCUT2D eigenvalue weighted by atomic mass is 10.1. The molecule has 0 bridgehead atoms. The first-order valence-corrected chi connectivity index (χ1v) is 8.94. The molecule has 3 rings (SSSR count). The third-order valence-corrected chi connectivity index (χ3v) is 4.55. The van der Waals surface area contributed by atoms with Crippen LogP contribution < -0.4 is 4.74 Å². The van der Waals surface area contributed by atoms with Gasteiger partial charge in [-0.3, -0.25) is 0 Å². The predicted molar refractivity (Wildman–Crippen MR) is 101 cm³/mol. The normalized spacial score (nSPS) is 12.5. The molecule has 0 saturated heterocycles. The zero-order valence-electron chi connectivity index (χ0n) is 15.2. The summed E-state index contributed by atoms with van der Waals surface area (Å²) >= 11 is 0. The van der Waals surface area contributed by atoms with Gasteiger partial charge in [0.25, 0.3) is 0 Å². The van der Waals surface area contributed by atoms with E-state index >= 15 is 0 Å². The second-order valence-electron chi connectivity index (χ2n) is 6.46. The van der Waals surface area contributed by atoms with Gasteiger partial charge in [-0.2, -0.15) is 0 Å². The smallest absolute Gasteiger partial charge is 0.138 e. The van der Waals surface area contributed by atoms with Crippen LogP contribution in [0.1, 0.15) is 42.8 Å². The quantitative estimate of drug-likeness (QED) is 0.642. The number of aryl methyl sites for hydroxylation is 3. The zero-order chi connectivity index (χ0) is 17.8. The van der Waals surface area contributed by atoms with Gasteiger partial charge in [0.15, 0.2) is 0 Å². The Balaban J connectivity index is 1.72. The molecule has 0 saturated carbocycles. The summed E-state index contributed by atoms with van der Waals surface area (Å²) in [6.07, 6.45) is 0.978. The van der Waals surface area contributed by atoms with Crippen LogP contribution in [0.15, 0.2) is 42.5 Å². The van der Waals surface area contributed by atoms with Crippen molar-refractivity contribution in [3.63, 3.8) is 0 Å². The number of nitrogens with zero attached hydrogens (tertiary/aromatic N) is 2. The third kappa shape index (κ3) is 3.69. The number of benzene rings is 2. The van der Waals surface area contributed by atoms with E-state index in [4.69, 9.17) is 4.74 Å². The summed E-state index contributed by atoms with van der Waals surface area (Å²) in [5, 5.41) is 10.3. The molecule has 0 fully saturated rings. The van der Waals surface area contributed by atoms with Gasteiger partial charge in [0, 0.05) is 6.54 Å². The van der Waals surface area contributed by atoms with Gasteiger partial charge in [-0.15, -0.1) is 0 Å². The van der Waals surface area contributed by atoms with Gasteiger partial charge in [-0.25, -0.2) is 4.98 Å². The molecule has 1 atom stereocenters. The van der Waals surface area contributed by atoms with Crippen molar-refractivity contribution >= 4 is 11.0 Å². The molecule has 4 nitrogen and oxygen atoms in total. The lowest BCUT2D eigenvalue weighted by Gasteiger charge is -2.14. The molecule has 132 valence electrons. The van der Waals surface area contributed by atoms with Crippen molar-refractivity contribution in [3.05, 3.63) is 59.4 Å². The number of rotatable bonds is 7. The highest BCUT2D eigenvalue weighted by Gasteiger charge is 2.16. The maximum atomic E-state index is 10.3. The Bertz CT molecular complexity index is 834. The Kier molecular flexibility index (Phi) is 5.39. The van der Waals surface area contributed by atoms with Crippen LogP contribution in [0, 0.1) is 13.8 Å². The molecule has 0 spiro atoms. The molecule has 0 aliphatic rings. The minimum Gasteiger partial charge on any atom is -0.493 e. The maximum absolute atomic E-state index is 10.3. The molecule has 1 N–H and O–H groups in total. The molecule has 4 heteroatoms. The average molecular weight is 338 g/mol. The second kappa shape index (κ2) is 7.70. The van der Waals surface area contributed by atoms with Crippen molar-refractivity contribution in [3.8, 4) is 5.75 Å². The van der Waals surface area contributed by atoms with E-state index in [1.54, 1.807) is 0 Å². The number of fused-ring (bicyclic) bond motifs is 1. The van der Waals surface area contributed by atoms with Gasteiger partial charge >= 0.3 is 0 Å². The first-order valence-electron chi connectivity index (χ1n) is 8.94. The lowest BCUT2D eigenvalue weighted by molar-refractivity contribution is 0.158. The molecule has 0 amide bonds. The van der Waals surface area contributed by atoms with E-state index in [1.807, 2.05) is 31.2 Å². The zero-order valence-corrected chi connectivity index (χ0v) is 15.2. The van der Waals surface area contributed by atoms with Crippen molar-refractivity contribution in [1.82, 2.24) is 9.55 Å². The van der Waals surface area contributed by atoms with Crippen LogP contribution >= 0.6 is 0 Å². The molecule has 25 heavy (non-hydrogen) atoms. The SMILES string of the molecule is CCC(O)c1nc2ccccc2n1CCCOc1c(C)cccc1C. The number of ether oxygens (including phenoxy) is 1. The molecular formula is C21H26N2O2. The lowest BCUT2D eigenvalue weighted by Crippen LogP contribution is -2.11. The van der Waals surface area contributed by atoms with E-state index in [2.05, 4.69) is 41.6 Å². The topological polar surface area (TPSA) is 47.3 Å². The Morgan fingerprint density at radius 2 is 1.80 bits per heavy atom. The third-order valence-electron chi connectivity index (χ3n) is 4.55. The minimum atomic E-state index is -0.535. The van der Waals surface area contributed by atoms with Crippen LogP contribution in [0.5, 0.6) is 5.75 Å². The number of hydrogen-bond donors (Lipinski definition) is 1. The van der Waals surface area contributed by atoms with Crippen molar-refractivity contribution in [2.75, 3.05) is 6.61 Å². The molecular weight excluding hydrogens is 312 g/mol. The Morgan fingerprint density at radius 3 is 2.52 bits per heavy atom. The highest BCUT2D eigenvalue weighted by molar-refractivity contribution is 5.76. The Labute approximate surface area is 149 Å². The van der Waals surface area contributed by atoms with Crippen molar-refractivity contribution < 1.29 is 9.84 Å². The fourth-order valence-corrected chi connectivity index (χ4v) is 3.19. The minimum absolute atomic E-state index is 0.535. The fraction of sp³-hybridized carbons (Fsp3) is 0.381. The van der Waals surface area contributed by atoms with Gasteiger partial charge in [0.1, 0.15) is 17.7 Å². The first-order chi connectivity index (χ1) is 12.1. The van der Waals surface area contributed by atoms with E-state index in [0.29, 0.717) is 13.0 Å². The molecule has 2 aromatic carbocycles. The number of para-hydroxylation sites is 3. The van der Waals surface area contributed by atoms with Crippen LogP contribution in [0.25, 0.3) is 11.0 Å². The van der Waals surface area contributed by atoms with E-state index in [0.717, 1.165) is 46.7 Å². The standard InChI is InChI=1S/C21H26N2O2/c1-4-19(24)21-22-17-11-5-6-12-18(17)23(21)13-8-14-25-20-15(2)9-7-10-16(20)3/h5-7,9-12,19,24H,4,8,13-14H2,1-3H3. The summed E-state index contributed by atoms with van der Waals surface area (Å²) in [5.41, 5.74) is 4.32. The molecule has 1 unspecified atom stereocenters. The molecule has 1 aromatic heterocycles. The van der Waals surface area contributed by atoms with Gasteiger partial charge in [0.2, 0.25) is 0 Å². The van der Waals surface area contributed by atoms with E-state index in [-0.39, 0.29) is 0 Å². The molecule has 0 aliphatic heterocycles. The van der Waals surface area contributed by atoms with Crippen LogP contribution in [0.3, 0.4) is 0 Å². The van der Waals surface area contributed by atoms with E-state index in [9.17, 15) is 5.11 Å². The largest absolute Gasteiger partial charge is 0.493 e. The predicted octanol–water partition coefficient (Wildman–Crippen LogP) is 4.57. The number of aromatic nitrogens is 2. The van der Waals surface area contributed by atoms with Gasteiger partial charge in [-0.05, 0) is 49.9 Å². The Morgan fingerprint density at radius 1 is 1.08 bits per heavy atom. The number of hydrogen-bond acceptors (Lipinski definition) is 3. The summed E-state index contributed by atoms with van der Waals surface area (Å²) in [7, 11) is 0.